The monoisotopic (exact) mass is 557 g/mol. The van der Waals surface area contributed by atoms with Crippen LogP contribution in [-0.2, 0) is 23.3 Å². The molecule has 1 aliphatic rings. The molecule has 2 unspecified atom stereocenters. The fourth-order valence-corrected chi connectivity index (χ4v) is 4.80. The van der Waals surface area contributed by atoms with Crippen molar-refractivity contribution >= 4 is 11.8 Å². The lowest BCUT2D eigenvalue weighted by Crippen LogP contribution is -2.46. The van der Waals surface area contributed by atoms with Crippen LogP contribution in [0.4, 0.5) is 50.0 Å². The largest absolute Gasteiger partial charge is 0.449 e. The van der Waals surface area contributed by atoms with E-state index in [-0.39, 0.29) is 36.8 Å². The molecule has 38 heavy (non-hydrogen) atoms. The lowest BCUT2D eigenvalue weighted by Gasteiger charge is -2.42. The van der Waals surface area contributed by atoms with E-state index < -0.39 is 71.4 Å². The molecule has 0 aliphatic carbocycles. The molecular weight excluding hydrogens is 533 g/mol. The molecule has 1 amide bonds. The Morgan fingerprint density at radius 1 is 0.921 bits per heavy atom. The van der Waals surface area contributed by atoms with Crippen molar-refractivity contribution in [2.75, 3.05) is 18.1 Å². The van der Waals surface area contributed by atoms with Crippen molar-refractivity contribution < 1.29 is 54.2 Å². The maximum atomic E-state index is 13.6. The van der Waals surface area contributed by atoms with Gasteiger partial charge in [-0.3, -0.25) is 4.90 Å². The van der Waals surface area contributed by atoms with E-state index >= 15 is 0 Å². The third-order valence-electron chi connectivity index (χ3n) is 6.56. The van der Waals surface area contributed by atoms with E-state index in [1.54, 1.807) is 6.92 Å². The molecular formula is C25H24F9NO3. The average molecular weight is 557 g/mol. The minimum atomic E-state index is -5.16. The van der Waals surface area contributed by atoms with Crippen molar-refractivity contribution in [1.82, 2.24) is 0 Å². The summed E-state index contributed by atoms with van der Waals surface area (Å²) in [5, 5.41) is 10.2. The second-order valence-electron chi connectivity index (χ2n) is 8.87. The molecule has 1 N–H and O–H groups in total. The van der Waals surface area contributed by atoms with Crippen molar-refractivity contribution in [3.05, 3.63) is 64.2 Å². The first-order valence-corrected chi connectivity index (χ1v) is 11.6. The smallest absolute Gasteiger partial charge is 0.416 e. The van der Waals surface area contributed by atoms with E-state index in [4.69, 9.17) is 4.74 Å². The first-order valence-electron chi connectivity index (χ1n) is 11.6. The van der Waals surface area contributed by atoms with Crippen LogP contribution < -0.4 is 4.90 Å². The van der Waals surface area contributed by atoms with Crippen LogP contribution in [0.3, 0.4) is 0 Å². The highest BCUT2D eigenvalue weighted by molar-refractivity contribution is 5.90. The average Bonchev–Trinajstić information content (AvgIpc) is 2.82. The van der Waals surface area contributed by atoms with Crippen LogP contribution in [0.25, 0.3) is 0 Å². The maximum Gasteiger partial charge on any atom is 0.416 e. The Hall–Kier alpha value is -2.96. The van der Waals surface area contributed by atoms with E-state index in [9.17, 15) is 49.4 Å². The molecule has 1 heterocycles. The number of nitrogens with zero attached hydrogens (tertiary/aromatic N) is 1. The van der Waals surface area contributed by atoms with Crippen LogP contribution >= 0.6 is 0 Å². The van der Waals surface area contributed by atoms with E-state index in [2.05, 4.69) is 0 Å². The number of hydrogen-bond acceptors (Lipinski definition) is 3. The summed E-state index contributed by atoms with van der Waals surface area (Å²) in [5.74, 6) is -2.60. The predicted molar refractivity (Wildman–Crippen MR) is 119 cm³/mol. The van der Waals surface area contributed by atoms with E-state index in [1.807, 2.05) is 0 Å². The number of halogens is 9. The van der Waals surface area contributed by atoms with Gasteiger partial charge in [-0.1, -0.05) is 6.92 Å². The van der Waals surface area contributed by atoms with Gasteiger partial charge in [-0.2, -0.15) is 39.5 Å². The molecule has 3 atom stereocenters. The number of benzene rings is 2. The molecule has 2 aromatic rings. The summed E-state index contributed by atoms with van der Waals surface area (Å²) in [4.78, 5) is 13.9. The zero-order chi connectivity index (χ0) is 28.6. The Balaban J connectivity index is 2.27. The van der Waals surface area contributed by atoms with Gasteiger partial charge < -0.3 is 9.84 Å². The molecule has 0 aromatic heterocycles. The van der Waals surface area contributed by atoms with Crippen molar-refractivity contribution in [3.63, 3.8) is 0 Å². The highest BCUT2D eigenvalue weighted by Gasteiger charge is 2.43. The number of alkyl halides is 9. The van der Waals surface area contributed by atoms with Gasteiger partial charge in [0.1, 0.15) is 0 Å². The minimum absolute atomic E-state index is 0.0268. The molecule has 210 valence electrons. The third kappa shape index (κ3) is 6.02. The molecule has 0 spiro atoms. The summed E-state index contributed by atoms with van der Waals surface area (Å²) in [5.41, 5.74) is -5.06. The Morgan fingerprint density at radius 2 is 1.47 bits per heavy atom. The van der Waals surface area contributed by atoms with E-state index in [0.717, 1.165) is 17.0 Å². The number of hydrogen-bond donors (Lipinski definition) is 1. The van der Waals surface area contributed by atoms with Gasteiger partial charge in [-0.05, 0) is 73.2 Å². The van der Waals surface area contributed by atoms with Gasteiger partial charge >= 0.3 is 24.6 Å². The zero-order valence-corrected chi connectivity index (χ0v) is 20.1. The Labute approximate surface area is 212 Å². The summed E-state index contributed by atoms with van der Waals surface area (Å²) >= 11 is 0. The normalized spacial score (nSPS) is 19.2. The molecule has 4 nitrogen and oxygen atoms in total. The van der Waals surface area contributed by atoms with E-state index in [0.29, 0.717) is 18.2 Å². The second kappa shape index (κ2) is 10.7. The molecule has 0 saturated heterocycles. The van der Waals surface area contributed by atoms with Gasteiger partial charge in [0, 0.05) is 12.0 Å². The molecule has 0 radical (unpaired) electrons. The van der Waals surface area contributed by atoms with Crippen LogP contribution in [0.15, 0.2) is 36.4 Å². The number of rotatable bonds is 5. The van der Waals surface area contributed by atoms with Gasteiger partial charge in [-0.15, -0.1) is 0 Å². The zero-order valence-electron chi connectivity index (χ0n) is 20.1. The SMILES string of the molecule is CCOC(=O)N1c2ccc(C(F)(F)F)cc2C(C(CO)c2cc(C(F)(F)F)cc(C(F)(F)F)c2)C[C@H]1CC. The number of fused-ring (bicyclic) bond motifs is 1. The summed E-state index contributed by atoms with van der Waals surface area (Å²) in [6.07, 6.45) is -15.9. The summed E-state index contributed by atoms with van der Waals surface area (Å²) in [6, 6.07) is 2.59. The standard InChI is InChI=1S/C25H24F9NO3/c1-3-17-11-18(19-10-14(23(26,27)28)5-6-21(19)35(17)22(37)38-4-2)20(12-36)13-7-15(24(29,30)31)9-16(8-13)25(32,33)34/h5-10,17-18,20,36H,3-4,11-12H2,1-2H3/t17-,18?,20?/m1/s1. The van der Waals surface area contributed by atoms with Gasteiger partial charge in [0.15, 0.2) is 0 Å². The second-order valence-corrected chi connectivity index (χ2v) is 8.87. The number of amides is 1. The highest BCUT2D eigenvalue weighted by atomic mass is 19.4. The van der Waals surface area contributed by atoms with Gasteiger partial charge in [0.05, 0.1) is 35.6 Å². The van der Waals surface area contributed by atoms with Gasteiger partial charge in [0.25, 0.3) is 0 Å². The molecule has 1 aliphatic heterocycles. The summed E-state index contributed by atoms with van der Waals surface area (Å²) < 4.78 is 127. The van der Waals surface area contributed by atoms with Crippen LogP contribution in [0, 0.1) is 0 Å². The number of ether oxygens (including phenoxy) is 1. The van der Waals surface area contributed by atoms with Crippen LogP contribution in [-0.4, -0.2) is 30.5 Å². The van der Waals surface area contributed by atoms with E-state index in [1.165, 1.54) is 6.92 Å². The van der Waals surface area contributed by atoms with Crippen molar-refractivity contribution in [2.45, 2.75) is 63.1 Å². The van der Waals surface area contributed by atoms with Crippen molar-refractivity contribution in [2.24, 2.45) is 0 Å². The predicted octanol–water partition coefficient (Wildman–Crippen LogP) is 7.75. The topological polar surface area (TPSA) is 49.8 Å². The molecule has 0 fully saturated rings. The van der Waals surface area contributed by atoms with Crippen molar-refractivity contribution in [1.29, 1.82) is 0 Å². The lowest BCUT2D eigenvalue weighted by molar-refractivity contribution is -0.143. The van der Waals surface area contributed by atoms with Gasteiger partial charge in [-0.25, -0.2) is 4.79 Å². The molecule has 3 rings (SSSR count). The van der Waals surface area contributed by atoms with Crippen LogP contribution in [0.1, 0.15) is 66.3 Å². The minimum Gasteiger partial charge on any atom is -0.449 e. The summed E-state index contributed by atoms with van der Waals surface area (Å²) in [7, 11) is 0. The molecule has 13 heteroatoms. The third-order valence-corrected chi connectivity index (χ3v) is 6.56. The first-order chi connectivity index (χ1) is 17.5. The number of aliphatic hydroxyl groups excluding tert-OH is 1. The molecule has 0 bridgehead atoms. The Bertz CT molecular complexity index is 1130. The van der Waals surface area contributed by atoms with Crippen LogP contribution in [0.5, 0.6) is 0 Å². The quantitative estimate of drug-likeness (QED) is 0.383. The first kappa shape index (κ1) is 29.6. The summed E-state index contributed by atoms with van der Waals surface area (Å²) in [6.45, 7) is 2.17. The number of anilines is 1. The fourth-order valence-electron chi connectivity index (χ4n) is 4.80. The number of aliphatic hydroxyl groups is 1. The fraction of sp³-hybridized carbons (Fsp3) is 0.480. The maximum absolute atomic E-state index is 13.6. The number of carbonyl (C=O) groups excluding carboxylic acids is 1. The molecule has 2 aromatic carbocycles. The van der Waals surface area contributed by atoms with Crippen molar-refractivity contribution in [3.8, 4) is 0 Å². The highest BCUT2D eigenvalue weighted by Crippen LogP contribution is 2.49. The Morgan fingerprint density at radius 3 is 1.92 bits per heavy atom. The number of carbonyl (C=O) groups is 1. The lowest BCUT2D eigenvalue weighted by atomic mass is 9.73. The molecule has 0 saturated carbocycles. The van der Waals surface area contributed by atoms with Crippen LogP contribution in [0.2, 0.25) is 0 Å². The Kier molecular flexibility index (Phi) is 8.30. The van der Waals surface area contributed by atoms with Gasteiger partial charge in [0.2, 0.25) is 0 Å².